The number of aromatic nitrogens is 3. The van der Waals surface area contributed by atoms with E-state index in [1.165, 1.54) is 5.56 Å². The van der Waals surface area contributed by atoms with Gasteiger partial charge in [0.15, 0.2) is 0 Å². The summed E-state index contributed by atoms with van der Waals surface area (Å²) in [5, 5.41) is 3.92. The Morgan fingerprint density at radius 2 is 1.90 bits per heavy atom. The van der Waals surface area contributed by atoms with Crippen LogP contribution in [0.1, 0.15) is 34.8 Å². The highest BCUT2D eigenvalue weighted by Crippen LogP contribution is 2.32. The second-order valence-corrected chi connectivity index (χ2v) is 7.76. The van der Waals surface area contributed by atoms with E-state index in [-0.39, 0.29) is 5.91 Å². The second-order valence-electron chi connectivity index (χ2n) is 7.76. The summed E-state index contributed by atoms with van der Waals surface area (Å²) in [6.07, 6.45) is 4.33. The molecule has 2 N–H and O–H groups in total. The van der Waals surface area contributed by atoms with Crippen LogP contribution in [0.4, 0.5) is 5.82 Å². The Hall–Kier alpha value is -3.25. The van der Waals surface area contributed by atoms with Gasteiger partial charge >= 0.3 is 0 Å². The fourth-order valence-electron chi connectivity index (χ4n) is 4.09. The minimum Gasteiger partial charge on any atom is -0.360 e. The molecule has 29 heavy (non-hydrogen) atoms. The van der Waals surface area contributed by atoms with Gasteiger partial charge in [0, 0.05) is 11.6 Å². The van der Waals surface area contributed by atoms with E-state index >= 15 is 0 Å². The maximum absolute atomic E-state index is 12.7. The zero-order chi connectivity index (χ0) is 19.8. The number of aromatic amines is 1. The molecule has 5 rings (SSSR count). The van der Waals surface area contributed by atoms with Gasteiger partial charge in [-0.15, -0.1) is 0 Å². The molecule has 0 unspecified atom stereocenters. The van der Waals surface area contributed by atoms with Crippen molar-refractivity contribution in [2.24, 2.45) is 0 Å². The molecule has 1 aliphatic heterocycles. The van der Waals surface area contributed by atoms with Crippen LogP contribution in [0.15, 0.2) is 54.7 Å². The highest BCUT2D eigenvalue weighted by molar-refractivity contribution is 6.04. The van der Waals surface area contributed by atoms with Gasteiger partial charge in [0.2, 0.25) is 0 Å². The van der Waals surface area contributed by atoms with E-state index in [0.717, 1.165) is 47.9 Å². The smallest absolute Gasteiger partial charge is 0.275 e. The summed E-state index contributed by atoms with van der Waals surface area (Å²) >= 11 is 0. The molecule has 146 valence electrons. The molecule has 6 nitrogen and oxygen atoms in total. The number of hydrogen-bond acceptors (Lipinski definition) is 4. The number of carbonyl (C=O) groups is 1. The first-order chi connectivity index (χ1) is 14.2. The third-order valence-electron chi connectivity index (χ3n) is 5.78. The lowest BCUT2D eigenvalue weighted by molar-refractivity contribution is 0.102. The Morgan fingerprint density at radius 3 is 2.76 bits per heavy atom. The summed E-state index contributed by atoms with van der Waals surface area (Å²) in [7, 11) is 2.16. The van der Waals surface area contributed by atoms with E-state index < -0.39 is 0 Å². The number of hydrogen-bond donors (Lipinski definition) is 2. The van der Waals surface area contributed by atoms with Crippen molar-refractivity contribution >= 4 is 33.7 Å². The zero-order valence-electron chi connectivity index (χ0n) is 16.4. The number of fused-ring (bicyclic) bond motifs is 2. The van der Waals surface area contributed by atoms with Gasteiger partial charge in [0.1, 0.15) is 11.5 Å². The van der Waals surface area contributed by atoms with Gasteiger partial charge in [0.25, 0.3) is 5.91 Å². The van der Waals surface area contributed by atoms with Gasteiger partial charge in [0.05, 0.1) is 16.6 Å². The SMILES string of the molecule is CN1CCC(c2c[nH]c3ccc(NC(=O)c4ccc5ccccc5n4)nc23)CC1. The topological polar surface area (TPSA) is 73.9 Å². The molecule has 0 aliphatic carbocycles. The average molecular weight is 385 g/mol. The van der Waals surface area contributed by atoms with Gasteiger partial charge in [-0.25, -0.2) is 9.97 Å². The van der Waals surface area contributed by atoms with E-state index in [2.05, 4.69) is 33.4 Å². The van der Waals surface area contributed by atoms with E-state index in [1.807, 2.05) is 42.5 Å². The van der Waals surface area contributed by atoms with Crippen molar-refractivity contribution in [2.75, 3.05) is 25.5 Å². The molecule has 3 aromatic heterocycles. The quantitative estimate of drug-likeness (QED) is 0.555. The Balaban J connectivity index is 1.41. The molecule has 1 amide bonds. The Labute approximate surface area is 169 Å². The predicted octanol–water partition coefficient (Wildman–Crippen LogP) is 4.17. The summed E-state index contributed by atoms with van der Waals surface area (Å²) in [4.78, 5) is 27.6. The Morgan fingerprint density at radius 1 is 1.07 bits per heavy atom. The monoisotopic (exact) mass is 385 g/mol. The van der Waals surface area contributed by atoms with Crippen molar-refractivity contribution in [3.8, 4) is 0 Å². The van der Waals surface area contributed by atoms with Crippen LogP contribution in [0, 0.1) is 0 Å². The van der Waals surface area contributed by atoms with E-state index in [9.17, 15) is 4.79 Å². The summed E-state index contributed by atoms with van der Waals surface area (Å²) < 4.78 is 0. The molecule has 0 bridgehead atoms. The Kier molecular flexibility index (Phi) is 4.48. The molecular weight excluding hydrogens is 362 g/mol. The summed E-state index contributed by atoms with van der Waals surface area (Å²) in [5.41, 5.74) is 4.38. The van der Waals surface area contributed by atoms with Crippen LogP contribution in [-0.4, -0.2) is 45.9 Å². The number of nitrogens with one attached hydrogen (secondary N) is 2. The second kappa shape index (κ2) is 7.29. The third-order valence-corrected chi connectivity index (χ3v) is 5.78. The van der Waals surface area contributed by atoms with E-state index in [1.54, 1.807) is 6.07 Å². The number of pyridine rings is 2. The van der Waals surface area contributed by atoms with Crippen LogP contribution in [0.25, 0.3) is 21.9 Å². The number of likely N-dealkylation sites (tertiary alicyclic amines) is 1. The first-order valence-corrected chi connectivity index (χ1v) is 10.0. The molecule has 0 atom stereocenters. The summed E-state index contributed by atoms with van der Waals surface area (Å²) in [6.45, 7) is 2.20. The molecule has 1 saturated heterocycles. The third kappa shape index (κ3) is 3.47. The van der Waals surface area contributed by atoms with Gasteiger partial charge in [-0.1, -0.05) is 24.3 Å². The summed E-state index contributed by atoms with van der Waals surface area (Å²) in [5.74, 6) is 0.797. The maximum Gasteiger partial charge on any atom is 0.275 e. The van der Waals surface area contributed by atoms with E-state index in [4.69, 9.17) is 4.98 Å². The fourth-order valence-corrected chi connectivity index (χ4v) is 4.09. The lowest BCUT2D eigenvalue weighted by Gasteiger charge is -2.28. The van der Waals surface area contributed by atoms with Crippen molar-refractivity contribution in [3.63, 3.8) is 0 Å². The van der Waals surface area contributed by atoms with E-state index in [0.29, 0.717) is 17.4 Å². The highest BCUT2D eigenvalue weighted by atomic mass is 16.1. The van der Waals surface area contributed by atoms with Gasteiger partial charge in [-0.3, -0.25) is 4.79 Å². The van der Waals surface area contributed by atoms with Crippen molar-refractivity contribution in [3.05, 3.63) is 66.0 Å². The molecular formula is C23H23N5O. The van der Waals surface area contributed by atoms with Crippen LogP contribution < -0.4 is 5.32 Å². The average Bonchev–Trinajstić information content (AvgIpc) is 3.17. The lowest BCUT2D eigenvalue weighted by atomic mass is 9.91. The van der Waals surface area contributed by atoms with Crippen LogP contribution in [-0.2, 0) is 0 Å². The fraction of sp³-hybridized carbons (Fsp3) is 0.261. The molecule has 1 aliphatic rings. The molecule has 0 saturated carbocycles. The van der Waals surface area contributed by atoms with Crippen LogP contribution in [0.2, 0.25) is 0 Å². The number of nitrogens with zero attached hydrogens (tertiary/aromatic N) is 3. The number of anilines is 1. The van der Waals surface area contributed by atoms with Crippen LogP contribution in [0.5, 0.6) is 0 Å². The van der Waals surface area contributed by atoms with Gasteiger partial charge in [-0.05, 0) is 68.7 Å². The number of benzene rings is 1. The molecule has 6 heteroatoms. The number of H-pyrrole nitrogens is 1. The van der Waals surface area contributed by atoms with Crippen molar-refractivity contribution in [1.29, 1.82) is 0 Å². The molecule has 0 radical (unpaired) electrons. The van der Waals surface area contributed by atoms with Crippen molar-refractivity contribution < 1.29 is 4.79 Å². The lowest BCUT2D eigenvalue weighted by Crippen LogP contribution is -2.29. The Bertz CT molecular complexity index is 1190. The van der Waals surface area contributed by atoms with Crippen molar-refractivity contribution in [1.82, 2.24) is 19.9 Å². The minimum absolute atomic E-state index is 0.251. The molecule has 4 heterocycles. The number of rotatable bonds is 3. The van der Waals surface area contributed by atoms with Gasteiger partial charge in [-0.2, -0.15) is 0 Å². The number of amides is 1. The highest BCUT2D eigenvalue weighted by Gasteiger charge is 2.22. The number of piperidine rings is 1. The first-order valence-electron chi connectivity index (χ1n) is 10.0. The molecule has 1 fully saturated rings. The number of para-hydroxylation sites is 1. The molecule has 1 aromatic carbocycles. The summed E-state index contributed by atoms with van der Waals surface area (Å²) in [6, 6.07) is 15.2. The normalized spacial score (nSPS) is 15.8. The number of carbonyl (C=O) groups excluding carboxylic acids is 1. The zero-order valence-corrected chi connectivity index (χ0v) is 16.4. The first kappa shape index (κ1) is 17.8. The van der Waals surface area contributed by atoms with Crippen LogP contribution >= 0.6 is 0 Å². The molecule has 0 spiro atoms. The standard InChI is InChI=1S/C23H23N5O/c1-28-12-10-15(11-13-28)17-14-24-19-8-9-21(26-22(17)19)27-23(29)20-7-6-16-4-2-3-5-18(16)25-20/h2-9,14-15,24H,10-13H2,1H3,(H,26,27,29). The largest absolute Gasteiger partial charge is 0.360 e. The van der Waals surface area contributed by atoms with Gasteiger partial charge < -0.3 is 15.2 Å². The van der Waals surface area contributed by atoms with Crippen molar-refractivity contribution in [2.45, 2.75) is 18.8 Å². The molecule has 4 aromatic rings. The predicted molar refractivity (Wildman–Crippen MR) is 115 cm³/mol. The maximum atomic E-state index is 12.7. The minimum atomic E-state index is -0.251. The van der Waals surface area contributed by atoms with Crippen LogP contribution in [0.3, 0.4) is 0 Å².